The average molecular weight is 281 g/mol. The van der Waals surface area contributed by atoms with E-state index in [2.05, 4.69) is 10.1 Å². The van der Waals surface area contributed by atoms with Gasteiger partial charge >= 0.3 is 0 Å². The van der Waals surface area contributed by atoms with Crippen LogP contribution in [0.5, 0.6) is 5.75 Å². The lowest BCUT2D eigenvalue weighted by atomic mass is 10.1. The molecule has 2 N–H and O–H groups in total. The van der Waals surface area contributed by atoms with Crippen LogP contribution < -0.4 is 10.5 Å². The molecule has 0 radical (unpaired) electrons. The van der Waals surface area contributed by atoms with Crippen molar-refractivity contribution in [3.05, 3.63) is 29.8 Å². The molecule has 0 saturated carbocycles. The van der Waals surface area contributed by atoms with Gasteiger partial charge in [-0.3, -0.25) is 0 Å². The number of nitrogens with zero attached hydrogens (tertiary/aromatic N) is 2. The number of hydrogen-bond acceptors (Lipinski definition) is 6. The maximum atomic E-state index is 13.4. The fourth-order valence-corrected chi connectivity index (χ4v) is 1.73. The van der Waals surface area contributed by atoms with E-state index in [9.17, 15) is 4.39 Å². The lowest BCUT2D eigenvalue weighted by Crippen LogP contribution is -2.38. The van der Waals surface area contributed by atoms with Crippen LogP contribution in [0.15, 0.2) is 22.7 Å². The fraction of sp³-hybridized carbons (Fsp3) is 0.385. The molecule has 0 spiro atoms. The molecule has 1 heterocycles. The van der Waals surface area contributed by atoms with Crippen LogP contribution in [0.2, 0.25) is 0 Å². The zero-order valence-corrected chi connectivity index (χ0v) is 11.5. The normalized spacial score (nSPS) is 14.1. The monoisotopic (exact) mass is 281 g/mol. The van der Waals surface area contributed by atoms with Crippen molar-refractivity contribution in [1.29, 1.82) is 0 Å². The molecular formula is C13H16FN3O3. The van der Waals surface area contributed by atoms with Crippen LogP contribution in [-0.2, 0) is 10.3 Å². The van der Waals surface area contributed by atoms with Gasteiger partial charge in [-0.15, -0.1) is 0 Å². The third-order valence-corrected chi connectivity index (χ3v) is 2.78. The van der Waals surface area contributed by atoms with Crippen molar-refractivity contribution in [2.45, 2.75) is 12.5 Å². The van der Waals surface area contributed by atoms with Gasteiger partial charge in [-0.2, -0.15) is 4.98 Å². The van der Waals surface area contributed by atoms with Crippen molar-refractivity contribution in [3.8, 4) is 17.2 Å². The summed E-state index contributed by atoms with van der Waals surface area (Å²) in [6.07, 6.45) is 0. The molecule has 2 aromatic rings. The first-order chi connectivity index (χ1) is 9.47. The quantitative estimate of drug-likeness (QED) is 0.898. The maximum Gasteiger partial charge on any atom is 0.258 e. The van der Waals surface area contributed by atoms with Crippen LogP contribution in [0.25, 0.3) is 11.5 Å². The van der Waals surface area contributed by atoms with Gasteiger partial charge in [0.25, 0.3) is 5.89 Å². The minimum Gasteiger partial charge on any atom is -0.494 e. The number of benzene rings is 1. The Hall–Kier alpha value is -1.99. The zero-order valence-electron chi connectivity index (χ0n) is 11.5. The van der Waals surface area contributed by atoms with Crippen LogP contribution in [0.3, 0.4) is 0 Å². The summed E-state index contributed by atoms with van der Waals surface area (Å²) in [6, 6.07) is 4.28. The highest BCUT2D eigenvalue weighted by atomic mass is 19.1. The van der Waals surface area contributed by atoms with E-state index in [1.807, 2.05) is 0 Å². The van der Waals surface area contributed by atoms with Gasteiger partial charge in [0.2, 0.25) is 0 Å². The molecule has 1 aromatic carbocycles. The summed E-state index contributed by atoms with van der Waals surface area (Å²) >= 11 is 0. The molecule has 0 aliphatic heterocycles. The Morgan fingerprint density at radius 1 is 1.40 bits per heavy atom. The molecule has 1 unspecified atom stereocenters. The Balaban J connectivity index is 2.33. The van der Waals surface area contributed by atoms with Crippen molar-refractivity contribution in [2.24, 2.45) is 5.73 Å². The van der Waals surface area contributed by atoms with E-state index in [4.69, 9.17) is 19.7 Å². The summed E-state index contributed by atoms with van der Waals surface area (Å²) in [7, 11) is 2.92. The average Bonchev–Trinajstić information content (AvgIpc) is 2.89. The molecule has 6 nitrogen and oxygen atoms in total. The second-order valence-corrected chi connectivity index (χ2v) is 4.62. The molecule has 0 aliphatic rings. The molecule has 0 aliphatic carbocycles. The van der Waals surface area contributed by atoms with E-state index in [-0.39, 0.29) is 18.2 Å². The van der Waals surface area contributed by atoms with Gasteiger partial charge in [-0.1, -0.05) is 5.16 Å². The zero-order chi connectivity index (χ0) is 14.8. The van der Waals surface area contributed by atoms with E-state index in [1.54, 1.807) is 6.92 Å². The topological polar surface area (TPSA) is 83.4 Å². The summed E-state index contributed by atoms with van der Waals surface area (Å²) in [6.45, 7) is 1.98. The van der Waals surface area contributed by atoms with Gasteiger partial charge < -0.3 is 19.7 Å². The standard InChI is InChI=1S/C13H16FN3O3/c1-13(15,7-18-2)12-16-11(20-17-12)8-4-5-9(14)10(6-8)19-3/h4-6H,7,15H2,1-3H3. The molecule has 2 rings (SSSR count). The maximum absolute atomic E-state index is 13.4. The SMILES string of the molecule is COCC(C)(N)c1noc(-c2ccc(F)c(OC)c2)n1. The summed E-state index contributed by atoms with van der Waals surface area (Å²) in [4.78, 5) is 4.22. The third kappa shape index (κ3) is 2.78. The van der Waals surface area contributed by atoms with E-state index in [0.29, 0.717) is 11.4 Å². The third-order valence-electron chi connectivity index (χ3n) is 2.78. The largest absolute Gasteiger partial charge is 0.494 e. The first-order valence-electron chi connectivity index (χ1n) is 5.94. The van der Waals surface area contributed by atoms with Crippen LogP contribution in [-0.4, -0.2) is 31.0 Å². The highest BCUT2D eigenvalue weighted by molar-refractivity contribution is 5.56. The smallest absolute Gasteiger partial charge is 0.258 e. The second kappa shape index (κ2) is 5.56. The minimum atomic E-state index is -0.860. The highest BCUT2D eigenvalue weighted by Gasteiger charge is 2.28. The number of rotatable bonds is 5. The molecule has 20 heavy (non-hydrogen) atoms. The van der Waals surface area contributed by atoms with Crippen LogP contribution in [0.1, 0.15) is 12.7 Å². The number of aromatic nitrogens is 2. The first-order valence-corrected chi connectivity index (χ1v) is 5.94. The molecule has 0 bridgehead atoms. The first kappa shape index (κ1) is 14.4. The molecule has 0 fully saturated rings. The number of ether oxygens (including phenoxy) is 2. The summed E-state index contributed by atoms with van der Waals surface area (Å²) in [5.41, 5.74) is 5.72. The van der Waals surface area contributed by atoms with Crippen molar-refractivity contribution in [1.82, 2.24) is 10.1 Å². The summed E-state index contributed by atoms with van der Waals surface area (Å²) < 4.78 is 28.4. The molecule has 0 amide bonds. The van der Waals surface area contributed by atoms with Gasteiger partial charge in [0, 0.05) is 12.7 Å². The predicted molar refractivity (Wildman–Crippen MR) is 69.7 cm³/mol. The lowest BCUT2D eigenvalue weighted by molar-refractivity contribution is 0.135. The summed E-state index contributed by atoms with van der Waals surface area (Å²) in [5.74, 6) is 0.206. The van der Waals surface area contributed by atoms with Crippen molar-refractivity contribution >= 4 is 0 Å². The second-order valence-electron chi connectivity index (χ2n) is 4.62. The Morgan fingerprint density at radius 3 is 2.80 bits per heavy atom. The molecule has 1 aromatic heterocycles. The predicted octanol–water partition coefficient (Wildman–Crippen LogP) is 1.70. The Kier molecular flexibility index (Phi) is 4.01. The van der Waals surface area contributed by atoms with Crippen LogP contribution >= 0.6 is 0 Å². The van der Waals surface area contributed by atoms with E-state index >= 15 is 0 Å². The summed E-state index contributed by atoms with van der Waals surface area (Å²) in [5, 5.41) is 3.84. The number of hydrogen-bond donors (Lipinski definition) is 1. The molecular weight excluding hydrogens is 265 g/mol. The van der Waals surface area contributed by atoms with Gasteiger partial charge in [-0.05, 0) is 25.1 Å². The van der Waals surface area contributed by atoms with E-state index in [0.717, 1.165) is 0 Å². The number of halogens is 1. The number of nitrogens with two attached hydrogens (primary N) is 1. The molecule has 108 valence electrons. The van der Waals surface area contributed by atoms with Gasteiger partial charge in [-0.25, -0.2) is 4.39 Å². The fourth-order valence-electron chi connectivity index (χ4n) is 1.73. The van der Waals surface area contributed by atoms with E-state index < -0.39 is 11.4 Å². The highest BCUT2D eigenvalue weighted by Crippen LogP contribution is 2.26. The van der Waals surface area contributed by atoms with Crippen LogP contribution in [0.4, 0.5) is 4.39 Å². The molecule has 0 saturated heterocycles. The lowest BCUT2D eigenvalue weighted by Gasteiger charge is -2.18. The molecule has 1 atom stereocenters. The van der Waals surface area contributed by atoms with Gasteiger partial charge in [0.15, 0.2) is 17.4 Å². The Labute approximate surface area is 115 Å². The van der Waals surface area contributed by atoms with Crippen molar-refractivity contribution < 1.29 is 18.4 Å². The minimum absolute atomic E-state index is 0.106. The number of methoxy groups -OCH3 is 2. The molecule has 7 heteroatoms. The van der Waals surface area contributed by atoms with Crippen molar-refractivity contribution in [2.75, 3.05) is 20.8 Å². The Bertz CT molecular complexity index is 598. The van der Waals surface area contributed by atoms with Gasteiger partial charge in [0.1, 0.15) is 5.54 Å². The van der Waals surface area contributed by atoms with Crippen molar-refractivity contribution in [3.63, 3.8) is 0 Å². The van der Waals surface area contributed by atoms with Gasteiger partial charge in [0.05, 0.1) is 13.7 Å². The Morgan fingerprint density at radius 2 is 2.15 bits per heavy atom. The van der Waals surface area contributed by atoms with Crippen LogP contribution in [0, 0.1) is 5.82 Å². The van der Waals surface area contributed by atoms with E-state index in [1.165, 1.54) is 32.4 Å².